The Hall–Kier alpha value is -4.66. The summed E-state index contributed by atoms with van der Waals surface area (Å²) in [6.45, 7) is 0. The molecule has 0 radical (unpaired) electrons. The van der Waals surface area contributed by atoms with E-state index in [0.29, 0.717) is 5.41 Å². The first-order valence-electron chi connectivity index (χ1n) is 21.7. The summed E-state index contributed by atoms with van der Waals surface area (Å²) in [6, 6.07) is 56.1. The third kappa shape index (κ3) is 5.94. The van der Waals surface area contributed by atoms with Gasteiger partial charge in [0.05, 0.1) is 0 Å². The van der Waals surface area contributed by atoms with Gasteiger partial charge in [0.2, 0.25) is 0 Å². The summed E-state index contributed by atoms with van der Waals surface area (Å²) in [5, 5.41) is 2.70. The number of fused-ring (bicyclic) bond motifs is 3. The van der Waals surface area contributed by atoms with E-state index in [0.717, 1.165) is 17.8 Å². The van der Waals surface area contributed by atoms with Gasteiger partial charge in [0, 0.05) is 42.6 Å². The Bertz CT molecular complexity index is 2430. The van der Waals surface area contributed by atoms with E-state index in [1.807, 2.05) is 11.3 Å². The van der Waals surface area contributed by atoms with E-state index in [-0.39, 0.29) is 5.41 Å². The minimum absolute atomic E-state index is 0.0624. The summed E-state index contributed by atoms with van der Waals surface area (Å²) >= 11 is 1.91. The molecule has 6 aromatic carbocycles. The van der Waals surface area contributed by atoms with Gasteiger partial charge >= 0.3 is 0 Å². The zero-order valence-electron chi connectivity index (χ0n) is 32.6. The molecule has 1 aromatic heterocycles. The molecule has 0 unspecified atom stereocenters. The molecule has 280 valence electrons. The van der Waals surface area contributed by atoms with Crippen molar-refractivity contribution in [3.8, 4) is 11.1 Å². The smallest absolute Gasteiger partial charge is 0.0468 e. The van der Waals surface area contributed by atoms with Crippen molar-refractivity contribution in [1.29, 1.82) is 0 Å². The van der Waals surface area contributed by atoms with Crippen molar-refractivity contribution in [2.75, 3.05) is 4.90 Å². The Kier molecular flexibility index (Phi) is 8.69. The molecule has 0 spiro atoms. The molecule has 5 aliphatic carbocycles. The van der Waals surface area contributed by atoms with Crippen LogP contribution in [0.5, 0.6) is 0 Å². The molecule has 5 fully saturated rings. The summed E-state index contributed by atoms with van der Waals surface area (Å²) < 4.78 is 2.69. The van der Waals surface area contributed by atoms with Gasteiger partial charge in [-0.1, -0.05) is 129 Å². The second-order valence-corrected chi connectivity index (χ2v) is 19.3. The number of hydrogen-bond donors (Lipinski definition) is 0. The number of thiophene rings is 1. The highest BCUT2D eigenvalue weighted by Crippen LogP contribution is 2.61. The Labute approximate surface area is 337 Å². The van der Waals surface area contributed by atoms with Crippen LogP contribution in [0, 0.1) is 17.8 Å². The van der Waals surface area contributed by atoms with Gasteiger partial charge in [-0.2, -0.15) is 0 Å². The molecular weight excluding hydrogens is 695 g/mol. The van der Waals surface area contributed by atoms with E-state index >= 15 is 0 Å². The second-order valence-electron chi connectivity index (χ2n) is 18.2. The van der Waals surface area contributed by atoms with Crippen molar-refractivity contribution in [2.45, 2.75) is 94.3 Å². The lowest BCUT2D eigenvalue weighted by Gasteiger charge is -2.57. The van der Waals surface area contributed by atoms with Crippen LogP contribution in [0.4, 0.5) is 17.1 Å². The molecule has 0 atom stereocenters. The van der Waals surface area contributed by atoms with Crippen molar-refractivity contribution >= 4 is 48.6 Å². The predicted octanol–water partition coefficient (Wildman–Crippen LogP) is 15.7. The molecule has 2 heteroatoms. The standard InChI is InChI=1S/C54H53NS/c1-2-10-29-54(30-11-3-1,43-15-8-5-9-16-43)44-21-25-46(26-22-44)55(45-23-19-42(20-24-45)53-35-38-31-39(36-53)33-40(32-38)37-53)47-27-28-50-49(34-47)52-48(17-12-18-51(52)56-50)41-13-6-4-7-14-41/h4-9,12-28,34,38-40H,1-3,10-11,29-33,35-37H2. The lowest BCUT2D eigenvalue weighted by atomic mass is 9.48. The SMILES string of the molecule is c1ccc(-c2cccc3sc4ccc(N(c5ccc(C67CC8CC(CC(C8)C6)C7)cc5)c5ccc(C6(c7ccccc7)CCCCCCC6)cc5)cc4c23)cc1. The Balaban J connectivity index is 1.03. The van der Waals surface area contributed by atoms with Gasteiger partial charge in [0.1, 0.15) is 0 Å². The Morgan fingerprint density at radius 2 is 1.02 bits per heavy atom. The molecule has 0 amide bonds. The van der Waals surface area contributed by atoms with Crippen LogP contribution in [-0.4, -0.2) is 0 Å². The lowest BCUT2D eigenvalue weighted by Crippen LogP contribution is -2.48. The molecule has 56 heavy (non-hydrogen) atoms. The molecule has 12 rings (SSSR count). The third-order valence-corrected chi connectivity index (χ3v) is 15.9. The normalized spacial score (nSPS) is 24.2. The van der Waals surface area contributed by atoms with Gasteiger partial charge in [-0.3, -0.25) is 0 Å². The van der Waals surface area contributed by atoms with Crippen LogP contribution in [0.2, 0.25) is 0 Å². The van der Waals surface area contributed by atoms with Crippen LogP contribution in [0.1, 0.15) is 100 Å². The summed E-state index contributed by atoms with van der Waals surface area (Å²) in [5.74, 6) is 2.84. The third-order valence-electron chi connectivity index (χ3n) is 14.8. The molecule has 5 saturated carbocycles. The van der Waals surface area contributed by atoms with Crippen LogP contribution in [0.25, 0.3) is 31.3 Å². The minimum atomic E-state index is 0.0624. The Morgan fingerprint density at radius 3 is 1.66 bits per heavy atom. The first-order chi connectivity index (χ1) is 27.6. The summed E-state index contributed by atoms with van der Waals surface area (Å²) in [5.41, 5.74) is 11.3. The lowest BCUT2D eigenvalue weighted by molar-refractivity contribution is -0.00518. The van der Waals surface area contributed by atoms with Crippen LogP contribution < -0.4 is 4.90 Å². The van der Waals surface area contributed by atoms with E-state index in [1.54, 1.807) is 5.56 Å². The number of rotatable bonds is 7. The maximum Gasteiger partial charge on any atom is 0.0468 e. The van der Waals surface area contributed by atoms with Crippen molar-refractivity contribution in [2.24, 2.45) is 17.8 Å². The van der Waals surface area contributed by atoms with Crippen molar-refractivity contribution in [3.63, 3.8) is 0 Å². The highest BCUT2D eigenvalue weighted by Gasteiger charge is 2.51. The predicted molar refractivity (Wildman–Crippen MR) is 239 cm³/mol. The van der Waals surface area contributed by atoms with E-state index in [2.05, 4.69) is 150 Å². The fraction of sp³-hybridized carbons (Fsp3) is 0.333. The fourth-order valence-corrected chi connectivity index (χ4v) is 13.7. The summed E-state index contributed by atoms with van der Waals surface area (Å²) in [4.78, 5) is 2.54. The fourth-order valence-electron chi connectivity index (χ4n) is 12.6. The van der Waals surface area contributed by atoms with E-state index in [4.69, 9.17) is 0 Å². The molecule has 0 saturated heterocycles. The van der Waals surface area contributed by atoms with Gasteiger partial charge < -0.3 is 4.90 Å². The topological polar surface area (TPSA) is 3.24 Å². The number of hydrogen-bond acceptors (Lipinski definition) is 2. The van der Waals surface area contributed by atoms with E-state index in [1.165, 1.54) is 143 Å². The van der Waals surface area contributed by atoms with Gasteiger partial charge in [-0.15, -0.1) is 11.3 Å². The highest BCUT2D eigenvalue weighted by atomic mass is 32.1. The summed E-state index contributed by atoms with van der Waals surface area (Å²) in [7, 11) is 0. The molecule has 7 aromatic rings. The second kappa shape index (κ2) is 14.1. The molecule has 1 heterocycles. The minimum Gasteiger partial charge on any atom is -0.310 e. The number of anilines is 3. The average Bonchev–Trinajstić information content (AvgIpc) is 3.60. The first kappa shape index (κ1) is 34.6. The molecule has 1 nitrogen and oxygen atoms in total. The molecular formula is C54H53NS. The van der Waals surface area contributed by atoms with Crippen LogP contribution in [-0.2, 0) is 10.8 Å². The van der Waals surface area contributed by atoms with E-state index in [9.17, 15) is 0 Å². The van der Waals surface area contributed by atoms with Gasteiger partial charge in [0.25, 0.3) is 0 Å². The highest BCUT2D eigenvalue weighted by molar-refractivity contribution is 7.26. The van der Waals surface area contributed by atoms with Crippen LogP contribution >= 0.6 is 11.3 Å². The van der Waals surface area contributed by atoms with Crippen LogP contribution in [0.15, 0.2) is 146 Å². The zero-order chi connectivity index (χ0) is 37.1. The first-order valence-corrected chi connectivity index (χ1v) is 22.5. The van der Waals surface area contributed by atoms with Gasteiger partial charge in [0.15, 0.2) is 0 Å². The number of nitrogens with zero attached hydrogens (tertiary/aromatic N) is 1. The van der Waals surface area contributed by atoms with Crippen LogP contribution in [0.3, 0.4) is 0 Å². The average molecular weight is 748 g/mol. The Morgan fingerprint density at radius 1 is 0.464 bits per heavy atom. The maximum absolute atomic E-state index is 2.54. The van der Waals surface area contributed by atoms with Gasteiger partial charge in [-0.25, -0.2) is 0 Å². The quantitative estimate of drug-likeness (QED) is 0.157. The van der Waals surface area contributed by atoms with Crippen molar-refractivity contribution in [3.05, 3.63) is 162 Å². The monoisotopic (exact) mass is 747 g/mol. The van der Waals surface area contributed by atoms with Crippen molar-refractivity contribution < 1.29 is 0 Å². The molecule has 4 bridgehead atoms. The van der Waals surface area contributed by atoms with Gasteiger partial charge in [-0.05, 0) is 151 Å². The molecule has 0 N–H and O–H groups in total. The molecule has 5 aliphatic rings. The summed E-state index contributed by atoms with van der Waals surface area (Å²) in [6.07, 6.45) is 17.7. The largest absolute Gasteiger partial charge is 0.310 e. The number of benzene rings is 6. The zero-order valence-corrected chi connectivity index (χ0v) is 33.5. The molecule has 0 aliphatic heterocycles. The maximum atomic E-state index is 2.54. The van der Waals surface area contributed by atoms with E-state index < -0.39 is 0 Å². The van der Waals surface area contributed by atoms with Crippen molar-refractivity contribution in [1.82, 2.24) is 0 Å².